The third-order valence-corrected chi connectivity index (χ3v) is 37.8. The van der Waals surface area contributed by atoms with Gasteiger partial charge in [0.1, 0.15) is 0 Å². The Hall–Kier alpha value is -15.5. The minimum Gasteiger partial charge on any atom is -0.310 e. The Labute approximate surface area is 754 Å². The standard InChI is InChI=1S/2C60H42N2SSi/c1-5-19-44(20-6-1)62-55-31-15-13-28-54(55)59-51(29-17-32-56(59)62)43-35-37-45(38-36-43)61(57-33-18-30-53-52-27-14-16-34-58(52)63-60(53)57)46-39-41-50(42-40-46)64(47-21-7-2-8-22-47,48-23-9-3-10-24-48)49-25-11-4-12-26-49;1-5-18-44(19-6-1)62-56-29-15-13-27-55(56)60-52(28-17-30-57(60)62)43-32-34-45(35-33-43)61(47-38-41-54-53-26-14-16-31-58(53)63-59(54)42-47)46-36-39-51(40-37-46)64(48-20-7-2-8-21-48,49-22-9-3-10-23-49)50-24-11-4-12-25-50/h2*1-42H. The molecule has 0 N–H and O–H groups in total. The molecule has 20 aromatic carbocycles. The molecular weight excluding hydrogens is 1620 g/mol. The molecule has 128 heavy (non-hydrogen) atoms. The highest BCUT2D eigenvalue weighted by atomic mass is 32.1. The Bertz CT molecular complexity index is 7940. The van der Waals surface area contributed by atoms with Crippen molar-refractivity contribution < 1.29 is 0 Å². The zero-order valence-electron chi connectivity index (χ0n) is 70.1. The van der Waals surface area contributed by atoms with Gasteiger partial charge < -0.3 is 18.9 Å². The summed E-state index contributed by atoms with van der Waals surface area (Å²) in [5.41, 5.74) is 18.7. The molecule has 4 heterocycles. The SMILES string of the molecule is c1ccc(-n2c3ccccc3c3c(-c4ccc(N(c5ccc([Si](c6ccccc6)(c6ccccc6)c6ccccc6)cc5)c5ccc6c(c5)sc5ccccc56)cc4)cccc32)cc1.c1ccc(-n2c3ccccc3c3c(-c4ccc(N(c5ccc([Si](c6ccccc6)(c6ccccc6)c6ccccc6)cc5)c5cccc6c5sc5ccccc56)cc4)cccc32)cc1. The van der Waals surface area contributed by atoms with E-state index in [1.807, 2.05) is 22.7 Å². The highest BCUT2D eigenvalue weighted by molar-refractivity contribution is 7.26. The van der Waals surface area contributed by atoms with Crippen molar-refractivity contribution in [2.75, 3.05) is 9.80 Å². The van der Waals surface area contributed by atoms with Gasteiger partial charge >= 0.3 is 0 Å². The molecule has 0 spiro atoms. The van der Waals surface area contributed by atoms with Crippen LogP contribution in [0.15, 0.2) is 510 Å². The molecule has 0 bridgehead atoms. The maximum Gasteiger partial charge on any atom is 0.179 e. The van der Waals surface area contributed by atoms with Crippen molar-refractivity contribution in [3.05, 3.63) is 510 Å². The van der Waals surface area contributed by atoms with E-state index >= 15 is 0 Å². The summed E-state index contributed by atoms with van der Waals surface area (Å²) in [6.07, 6.45) is 0. The Balaban J connectivity index is 0.000000146. The number of hydrogen-bond donors (Lipinski definition) is 0. The summed E-state index contributed by atoms with van der Waals surface area (Å²) in [6, 6.07) is 188. The normalized spacial score (nSPS) is 11.8. The van der Waals surface area contributed by atoms with Gasteiger partial charge in [-0.2, -0.15) is 0 Å². The first kappa shape index (κ1) is 77.3. The van der Waals surface area contributed by atoms with E-state index in [-0.39, 0.29) is 0 Å². The van der Waals surface area contributed by atoms with Crippen LogP contribution in [-0.2, 0) is 0 Å². The van der Waals surface area contributed by atoms with Crippen molar-refractivity contribution in [3.63, 3.8) is 0 Å². The fourth-order valence-electron chi connectivity index (χ4n) is 20.3. The first-order valence-corrected chi connectivity index (χ1v) is 49.5. The molecule has 24 rings (SSSR count). The lowest BCUT2D eigenvalue weighted by atomic mass is 9.99. The van der Waals surface area contributed by atoms with Crippen LogP contribution in [0.4, 0.5) is 34.1 Å². The number of fused-ring (bicyclic) bond motifs is 12. The fourth-order valence-corrected chi connectivity index (χ4v) is 32.1. The van der Waals surface area contributed by atoms with Gasteiger partial charge in [-0.15, -0.1) is 22.7 Å². The second kappa shape index (κ2) is 33.2. The number of anilines is 6. The average molecular weight is 1700 g/mol. The summed E-state index contributed by atoms with van der Waals surface area (Å²) in [6.45, 7) is 0. The van der Waals surface area contributed by atoms with Gasteiger partial charge in [0.2, 0.25) is 0 Å². The molecule has 0 saturated carbocycles. The Morgan fingerprint density at radius 1 is 0.188 bits per heavy atom. The largest absolute Gasteiger partial charge is 0.310 e. The number of nitrogens with zero attached hydrogens (tertiary/aromatic N) is 4. The minimum atomic E-state index is -2.71. The predicted octanol–water partition coefficient (Wildman–Crippen LogP) is 27.3. The van der Waals surface area contributed by atoms with Crippen LogP contribution in [0.25, 0.3) is 118 Å². The summed E-state index contributed by atoms with van der Waals surface area (Å²) in [7, 11) is -5.40. The monoisotopic (exact) mass is 1700 g/mol. The summed E-state index contributed by atoms with van der Waals surface area (Å²) in [4.78, 5) is 4.89. The number of thiophene rings is 2. The van der Waals surface area contributed by atoms with Gasteiger partial charge in [-0.05, 0) is 191 Å². The van der Waals surface area contributed by atoms with E-state index in [9.17, 15) is 0 Å². The Morgan fingerprint density at radius 2 is 0.477 bits per heavy atom. The highest BCUT2D eigenvalue weighted by Gasteiger charge is 2.43. The quantitative estimate of drug-likeness (QED) is 0.0629. The summed E-state index contributed by atoms with van der Waals surface area (Å²) in [5.74, 6) is 0. The van der Waals surface area contributed by atoms with E-state index in [1.165, 1.54) is 153 Å². The van der Waals surface area contributed by atoms with Crippen molar-refractivity contribution in [2.45, 2.75) is 0 Å². The molecule has 0 fully saturated rings. The lowest BCUT2D eigenvalue weighted by Crippen LogP contribution is -2.74. The third-order valence-electron chi connectivity index (χ3n) is 25.9. The van der Waals surface area contributed by atoms with Gasteiger partial charge in [-0.1, -0.05) is 382 Å². The molecule has 4 nitrogen and oxygen atoms in total. The van der Waals surface area contributed by atoms with Gasteiger partial charge in [0.15, 0.2) is 16.1 Å². The molecule has 0 aliphatic heterocycles. The van der Waals surface area contributed by atoms with Crippen molar-refractivity contribution in [3.8, 4) is 33.6 Å². The van der Waals surface area contributed by atoms with E-state index < -0.39 is 16.1 Å². The smallest absolute Gasteiger partial charge is 0.179 e. The summed E-state index contributed by atoms with van der Waals surface area (Å²) < 4.78 is 9.94. The lowest BCUT2D eigenvalue weighted by Gasteiger charge is -2.35. The van der Waals surface area contributed by atoms with E-state index in [1.54, 1.807) is 0 Å². The number of aromatic nitrogens is 2. The van der Waals surface area contributed by atoms with Crippen LogP contribution in [0.2, 0.25) is 0 Å². The van der Waals surface area contributed by atoms with Gasteiger partial charge in [-0.25, -0.2) is 0 Å². The second-order valence-electron chi connectivity index (χ2n) is 32.9. The number of benzene rings is 20. The maximum atomic E-state index is 2.46. The van der Waals surface area contributed by atoms with Crippen molar-refractivity contribution in [1.82, 2.24) is 9.13 Å². The van der Waals surface area contributed by atoms with Crippen LogP contribution < -0.4 is 51.3 Å². The zero-order chi connectivity index (χ0) is 84.9. The van der Waals surface area contributed by atoms with E-state index in [4.69, 9.17) is 0 Å². The molecule has 604 valence electrons. The van der Waals surface area contributed by atoms with Crippen LogP contribution in [0.1, 0.15) is 0 Å². The Kier molecular flexibility index (Phi) is 20.0. The molecule has 0 aliphatic carbocycles. The molecule has 0 aliphatic rings. The fraction of sp³-hybridized carbons (Fsp3) is 0. The second-order valence-corrected chi connectivity index (χ2v) is 42.6. The molecule has 0 radical (unpaired) electrons. The first-order chi connectivity index (χ1) is 63.5. The van der Waals surface area contributed by atoms with Crippen LogP contribution in [0, 0.1) is 0 Å². The van der Waals surface area contributed by atoms with Crippen LogP contribution in [0.5, 0.6) is 0 Å². The van der Waals surface area contributed by atoms with Crippen molar-refractivity contribution in [1.29, 1.82) is 0 Å². The topological polar surface area (TPSA) is 16.3 Å². The van der Waals surface area contributed by atoms with Gasteiger partial charge in [0.25, 0.3) is 0 Å². The summed E-state index contributed by atoms with van der Waals surface area (Å²) in [5, 5.41) is 21.1. The number of para-hydroxylation sites is 4. The molecule has 0 saturated heterocycles. The molecule has 4 aromatic heterocycles. The molecule has 24 aromatic rings. The maximum absolute atomic E-state index is 2.71. The molecule has 0 unspecified atom stereocenters. The molecular formula is C120H84N4S2Si2. The van der Waals surface area contributed by atoms with Crippen LogP contribution >= 0.6 is 22.7 Å². The predicted molar refractivity (Wildman–Crippen MR) is 555 cm³/mol. The van der Waals surface area contributed by atoms with Crippen molar-refractivity contribution in [2.24, 2.45) is 0 Å². The zero-order valence-corrected chi connectivity index (χ0v) is 73.7. The van der Waals surface area contributed by atoms with Gasteiger partial charge in [0, 0.05) is 97.0 Å². The number of rotatable bonds is 18. The van der Waals surface area contributed by atoms with Crippen LogP contribution in [-0.4, -0.2) is 25.3 Å². The van der Waals surface area contributed by atoms with Gasteiger partial charge in [0.05, 0.1) is 32.5 Å². The molecule has 0 amide bonds. The molecule has 0 atom stereocenters. The third kappa shape index (κ3) is 13.3. The average Bonchev–Trinajstić information content (AvgIpc) is 1.72. The minimum absolute atomic E-state index is 1.11. The van der Waals surface area contributed by atoms with Crippen LogP contribution in [0.3, 0.4) is 0 Å². The van der Waals surface area contributed by atoms with E-state index in [0.717, 1.165) is 39.8 Å². The summed E-state index contributed by atoms with van der Waals surface area (Å²) >= 11 is 3.73. The van der Waals surface area contributed by atoms with Crippen molar-refractivity contribution >= 4 is 198 Å². The first-order valence-electron chi connectivity index (χ1n) is 43.9. The van der Waals surface area contributed by atoms with E-state index in [0.29, 0.717) is 0 Å². The molecule has 8 heteroatoms. The highest BCUT2D eigenvalue weighted by Crippen LogP contribution is 2.48. The number of hydrogen-bond acceptors (Lipinski definition) is 4. The Morgan fingerprint density at radius 3 is 0.883 bits per heavy atom. The van der Waals surface area contributed by atoms with E-state index in [2.05, 4.69) is 529 Å². The van der Waals surface area contributed by atoms with Gasteiger partial charge in [-0.3, -0.25) is 0 Å². The lowest BCUT2D eigenvalue weighted by molar-refractivity contribution is 1.18.